The van der Waals surface area contributed by atoms with Gasteiger partial charge in [0.1, 0.15) is 5.82 Å². The van der Waals surface area contributed by atoms with E-state index in [0.717, 1.165) is 16.8 Å². The van der Waals surface area contributed by atoms with E-state index in [0.29, 0.717) is 11.3 Å². The summed E-state index contributed by atoms with van der Waals surface area (Å²) in [5.41, 5.74) is 3.54. The van der Waals surface area contributed by atoms with Gasteiger partial charge in [-0.3, -0.25) is 14.6 Å². The molecule has 0 atom stereocenters. The van der Waals surface area contributed by atoms with Crippen molar-refractivity contribution < 1.29 is 9.18 Å². The van der Waals surface area contributed by atoms with Gasteiger partial charge in [0.15, 0.2) is 5.78 Å². The molecule has 5 nitrogen and oxygen atoms in total. The topological polar surface area (TPSA) is 63.6 Å². The second kappa shape index (κ2) is 6.00. The second-order valence-electron chi connectivity index (χ2n) is 5.21. The SMILES string of the molecule is Cc1nn(C)cc1C(=O)/C=C/c1cn[nH]c1-c1ccc(F)cc1. The summed E-state index contributed by atoms with van der Waals surface area (Å²) < 4.78 is 14.6. The van der Waals surface area contributed by atoms with Crippen molar-refractivity contribution in [2.24, 2.45) is 7.05 Å². The normalized spacial score (nSPS) is 11.3. The first-order valence-corrected chi connectivity index (χ1v) is 7.06. The van der Waals surface area contributed by atoms with Crippen LogP contribution in [0.2, 0.25) is 0 Å². The van der Waals surface area contributed by atoms with E-state index in [-0.39, 0.29) is 11.6 Å². The number of ketones is 1. The van der Waals surface area contributed by atoms with Crippen molar-refractivity contribution >= 4 is 11.9 Å². The lowest BCUT2D eigenvalue weighted by atomic mass is 10.1. The van der Waals surface area contributed by atoms with Gasteiger partial charge in [0, 0.05) is 24.4 Å². The maximum Gasteiger partial charge on any atom is 0.189 e. The van der Waals surface area contributed by atoms with E-state index in [9.17, 15) is 9.18 Å². The summed E-state index contributed by atoms with van der Waals surface area (Å²) in [6.07, 6.45) is 6.50. The molecule has 0 amide bonds. The number of aryl methyl sites for hydroxylation is 2. The Labute approximate surface area is 132 Å². The summed E-state index contributed by atoms with van der Waals surface area (Å²) in [7, 11) is 1.77. The van der Waals surface area contributed by atoms with Gasteiger partial charge in [-0.2, -0.15) is 10.2 Å². The Hall–Kier alpha value is -3.02. The van der Waals surface area contributed by atoms with Gasteiger partial charge in [-0.05, 0) is 43.3 Å². The summed E-state index contributed by atoms with van der Waals surface area (Å²) in [6.45, 7) is 1.79. The molecule has 6 heteroatoms. The zero-order valence-corrected chi connectivity index (χ0v) is 12.7. The summed E-state index contributed by atoms with van der Waals surface area (Å²) in [6, 6.07) is 6.09. The van der Waals surface area contributed by atoms with E-state index in [2.05, 4.69) is 15.3 Å². The lowest BCUT2D eigenvalue weighted by Gasteiger charge is -1.99. The number of carbonyl (C=O) groups excluding carboxylic acids is 1. The molecule has 0 aliphatic rings. The van der Waals surface area contributed by atoms with Gasteiger partial charge in [0.25, 0.3) is 0 Å². The van der Waals surface area contributed by atoms with Crippen LogP contribution in [0.25, 0.3) is 17.3 Å². The highest BCUT2D eigenvalue weighted by molar-refractivity contribution is 6.07. The fraction of sp³-hybridized carbons (Fsp3) is 0.118. The lowest BCUT2D eigenvalue weighted by molar-refractivity contribution is 0.104. The van der Waals surface area contributed by atoms with Gasteiger partial charge in [0.05, 0.1) is 23.1 Å². The summed E-state index contributed by atoms with van der Waals surface area (Å²) in [5, 5.41) is 11.0. The molecule has 0 aliphatic carbocycles. The molecule has 0 spiro atoms. The fourth-order valence-electron chi connectivity index (χ4n) is 2.37. The average molecular weight is 310 g/mol. The Morgan fingerprint density at radius 2 is 2.04 bits per heavy atom. The molecule has 0 saturated heterocycles. The molecule has 116 valence electrons. The van der Waals surface area contributed by atoms with Crippen LogP contribution < -0.4 is 0 Å². The molecule has 0 unspecified atom stereocenters. The molecular weight excluding hydrogens is 295 g/mol. The van der Waals surface area contributed by atoms with E-state index in [1.54, 1.807) is 49.3 Å². The third-order valence-electron chi connectivity index (χ3n) is 3.49. The Morgan fingerprint density at radius 3 is 2.70 bits per heavy atom. The number of nitrogens with one attached hydrogen (secondary N) is 1. The minimum atomic E-state index is -0.299. The zero-order valence-electron chi connectivity index (χ0n) is 12.7. The Bertz CT molecular complexity index is 874. The third-order valence-corrected chi connectivity index (χ3v) is 3.49. The van der Waals surface area contributed by atoms with E-state index in [1.165, 1.54) is 18.2 Å². The Kier molecular flexibility index (Phi) is 3.89. The first-order valence-electron chi connectivity index (χ1n) is 7.06. The minimum Gasteiger partial charge on any atom is -0.289 e. The van der Waals surface area contributed by atoms with Crippen molar-refractivity contribution in [3.63, 3.8) is 0 Å². The molecule has 1 N–H and O–H groups in total. The first-order chi connectivity index (χ1) is 11.0. The number of nitrogens with zero attached hydrogens (tertiary/aromatic N) is 3. The number of halogens is 1. The molecule has 0 fully saturated rings. The van der Waals surface area contributed by atoms with Crippen LogP contribution in [0, 0.1) is 12.7 Å². The van der Waals surface area contributed by atoms with E-state index >= 15 is 0 Å². The van der Waals surface area contributed by atoms with Gasteiger partial charge < -0.3 is 0 Å². The molecule has 0 radical (unpaired) electrons. The number of aromatic nitrogens is 4. The molecule has 2 heterocycles. The molecular formula is C17H15FN4O. The van der Waals surface area contributed by atoms with Crippen molar-refractivity contribution in [2.75, 3.05) is 0 Å². The van der Waals surface area contributed by atoms with Crippen LogP contribution in [0.4, 0.5) is 4.39 Å². The van der Waals surface area contributed by atoms with E-state index < -0.39 is 0 Å². The highest BCUT2D eigenvalue weighted by Crippen LogP contribution is 2.22. The summed E-state index contributed by atoms with van der Waals surface area (Å²) in [5.74, 6) is -0.422. The van der Waals surface area contributed by atoms with Crippen molar-refractivity contribution in [1.29, 1.82) is 0 Å². The number of benzene rings is 1. The maximum atomic E-state index is 13.0. The molecule has 0 saturated carbocycles. The Morgan fingerprint density at radius 1 is 1.30 bits per heavy atom. The van der Waals surface area contributed by atoms with Crippen molar-refractivity contribution in [3.8, 4) is 11.3 Å². The van der Waals surface area contributed by atoms with Crippen LogP contribution in [0.15, 0.2) is 42.7 Å². The number of hydrogen-bond acceptors (Lipinski definition) is 3. The predicted octanol–water partition coefficient (Wildman–Crippen LogP) is 3.15. The molecule has 1 aromatic carbocycles. The maximum absolute atomic E-state index is 13.0. The van der Waals surface area contributed by atoms with Crippen LogP contribution in [0.5, 0.6) is 0 Å². The van der Waals surface area contributed by atoms with Gasteiger partial charge in [-0.1, -0.05) is 0 Å². The third kappa shape index (κ3) is 3.11. The Balaban J connectivity index is 1.86. The predicted molar refractivity (Wildman–Crippen MR) is 85.3 cm³/mol. The number of H-pyrrole nitrogens is 1. The molecule has 3 aromatic rings. The summed E-state index contributed by atoms with van der Waals surface area (Å²) in [4.78, 5) is 12.2. The number of hydrogen-bond donors (Lipinski definition) is 1. The van der Waals surface area contributed by atoms with Crippen LogP contribution >= 0.6 is 0 Å². The first kappa shape index (κ1) is 14.9. The standard InChI is InChI=1S/C17H15FN4O/c1-11-15(10-22(2)21-11)16(23)8-5-13-9-19-20-17(13)12-3-6-14(18)7-4-12/h3-10H,1-2H3,(H,19,20)/b8-5+. The average Bonchev–Trinajstić information content (AvgIpc) is 3.12. The number of carbonyl (C=O) groups is 1. The van der Waals surface area contributed by atoms with Gasteiger partial charge in [-0.25, -0.2) is 4.39 Å². The molecule has 3 rings (SSSR count). The van der Waals surface area contributed by atoms with Gasteiger partial charge in [0.2, 0.25) is 0 Å². The smallest absolute Gasteiger partial charge is 0.189 e. The van der Waals surface area contributed by atoms with Gasteiger partial charge >= 0.3 is 0 Å². The van der Waals surface area contributed by atoms with Crippen LogP contribution in [0.3, 0.4) is 0 Å². The van der Waals surface area contributed by atoms with E-state index in [1.807, 2.05) is 0 Å². The van der Waals surface area contributed by atoms with Crippen LogP contribution in [-0.2, 0) is 7.05 Å². The van der Waals surface area contributed by atoms with Crippen LogP contribution in [-0.4, -0.2) is 25.8 Å². The molecule has 0 bridgehead atoms. The number of rotatable bonds is 4. The fourth-order valence-corrected chi connectivity index (χ4v) is 2.37. The monoisotopic (exact) mass is 310 g/mol. The zero-order chi connectivity index (χ0) is 16.4. The molecule has 0 aliphatic heterocycles. The number of allylic oxidation sites excluding steroid dienone is 1. The van der Waals surface area contributed by atoms with Crippen molar-refractivity contribution in [2.45, 2.75) is 6.92 Å². The van der Waals surface area contributed by atoms with Crippen molar-refractivity contribution in [1.82, 2.24) is 20.0 Å². The summed E-state index contributed by atoms with van der Waals surface area (Å²) >= 11 is 0. The molecule has 23 heavy (non-hydrogen) atoms. The van der Waals surface area contributed by atoms with Gasteiger partial charge in [-0.15, -0.1) is 0 Å². The lowest BCUT2D eigenvalue weighted by Crippen LogP contribution is -1.94. The highest BCUT2D eigenvalue weighted by Gasteiger charge is 2.10. The van der Waals surface area contributed by atoms with E-state index in [4.69, 9.17) is 0 Å². The van der Waals surface area contributed by atoms with Crippen molar-refractivity contribution in [3.05, 3.63) is 65.4 Å². The number of aromatic amines is 1. The van der Waals surface area contributed by atoms with Crippen LogP contribution in [0.1, 0.15) is 21.6 Å². The quantitative estimate of drug-likeness (QED) is 0.595. The highest BCUT2D eigenvalue weighted by atomic mass is 19.1. The molecule has 2 aromatic heterocycles. The second-order valence-corrected chi connectivity index (χ2v) is 5.21. The largest absolute Gasteiger partial charge is 0.289 e. The minimum absolute atomic E-state index is 0.123.